The number of benzene rings is 5. The van der Waals surface area contributed by atoms with Gasteiger partial charge in [-0.3, -0.25) is 14.9 Å². The number of amides is 1. The van der Waals surface area contributed by atoms with E-state index in [1.807, 2.05) is 42.5 Å². The average molecular weight is 910 g/mol. The lowest BCUT2D eigenvalue weighted by atomic mass is 9.55. The van der Waals surface area contributed by atoms with Gasteiger partial charge < -0.3 is 43.6 Å². The lowest BCUT2D eigenvalue weighted by molar-refractivity contribution is -0.384. The predicted octanol–water partition coefficient (Wildman–Crippen LogP) is 9.88. The molecule has 2 aliphatic carbocycles. The molecule has 6 atom stereocenters. The molecule has 348 valence electrons. The number of non-ortho nitro benzene ring substituents is 1. The average Bonchev–Trinajstić information content (AvgIpc) is 3.83. The van der Waals surface area contributed by atoms with Crippen molar-refractivity contribution in [2.45, 2.75) is 69.3 Å². The quantitative estimate of drug-likeness (QED) is 0.0350. The van der Waals surface area contributed by atoms with Gasteiger partial charge in [0.15, 0.2) is 11.5 Å². The van der Waals surface area contributed by atoms with E-state index < -0.39 is 22.7 Å². The molecule has 1 fully saturated rings. The molecule has 1 saturated carbocycles. The Bertz CT molecular complexity index is 2680. The summed E-state index contributed by atoms with van der Waals surface area (Å²) in [5.41, 5.74) is 3.45. The summed E-state index contributed by atoms with van der Waals surface area (Å²) in [6.45, 7) is 4.37. The molecule has 0 bridgehead atoms. The number of ether oxygens (including phenoxy) is 5. The number of allylic oxidation sites excluding steroid dienone is 1. The van der Waals surface area contributed by atoms with Crippen LogP contribution in [-0.4, -0.2) is 77.1 Å². The number of nitrogens with zero attached hydrogens (tertiary/aromatic N) is 3. The van der Waals surface area contributed by atoms with E-state index in [-0.39, 0.29) is 69.0 Å². The number of fused-ring (bicyclic) bond motifs is 4. The Hall–Kier alpha value is -6.74. The van der Waals surface area contributed by atoms with Crippen molar-refractivity contribution in [1.82, 2.24) is 4.90 Å². The van der Waals surface area contributed by atoms with Crippen LogP contribution < -0.4 is 18.9 Å². The van der Waals surface area contributed by atoms with Gasteiger partial charge in [0.1, 0.15) is 29.9 Å². The third-order valence-electron chi connectivity index (χ3n) is 13.6. The number of hydrogen-bond acceptors (Lipinski definition) is 12. The van der Waals surface area contributed by atoms with Crippen LogP contribution in [0.4, 0.5) is 5.69 Å². The van der Waals surface area contributed by atoms with Gasteiger partial charge in [-0.15, -0.1) is 6.58 Å². The lowest BCUT2D eigenvalue weighted by Crippen LogP contribution is -2.69. The van der Waals surface area contributed by atoms with Crippen LogP contribution in [0.2, 0.25) is 0 Å². The summed E-state index contributed by atoms with van der Waals surface area (Å²) >= 11 is 0. The highest BCUT2D eigenvalue weighted by atomic mass is 16.7. The number of aliphatic hydroxyl groups excluding tert-OH is 2. The number of unbranched alkanes of at least 4 members (excludes halogenated alkanes) is 2. The predicted molar refractivity (Wildman–Crippen MR) is 252 cm³/mol. The Labute approximate surface area is 389 Å². The van der Waals surface area contributed by atoms with Crippen LogP contribution in [0.1, 0.15) is 72.3 Å². The molecule has 9 rings (SSSR count). The fourth-order valence-electron chi connectivity index (χ4n) is 10.4. The van der Waals surface area contributed by atoms with Crippen molar-refractivity contribution in [2.24, 2.45) is 22.9 Å². The summed E-state index contributed by atoms with van der Waals surface area (Å²) in [4.78, 5) is 33.6. The first-order valence-electron chi connectivity index (χ1n) is 23.0. The monoisotopic (exact) mass is 909 g/mol. The molecule has 2 aliphatic heterocycles. The zero-order valence-electron chi connectivity index (χ0n) is 37.5. The van der Waals surface area contributed by atoms with Gasteiger partial charge in [0, 0.05) is 55.9 Å². The molecule has 67 heavy (non-hydrogen) atoms. The van der Waals surface area contributed by atoms with E-state index in [0.29, 0.717) is 58.4 Å². The SMILES string of the molecule is C=CCO[C@@]12Oc3ccc(Oc4ccc5ccccc5c4)cc3[C@H]3[C@H](CCCCO)[C@@H](CCCCO)C=C(C(=NOCc4ccc([N+](=O)[O-])cc4)C[C@@H]1N(C)C(=O)c1ccc4c(c1)OCO4)[C@H]32. The number of likely N-dealkylation sites (N-methyl/N-ethyl adjacent to an activating group) is 1. The van der Waals surface area contributed by atoms with Gasteiger partial charge in [-0.25, -0.2) is 0 Å². The van der Waals surface area contributed by atoms with Crippen LogP contribution in [-0.2, 0) is 16.2 Å². The fourth-order valence-corrected chi connectivity index (χ4v) is 10.4. The normalized spacial score (nSPS) is 22.8. The van der Waals surface area contributed by atoms with E-state index in [2.05, 4.69) is 30.9 Å². The highest BCUT2D eigenvalue weighted by molar-refractivity contribution is 6.03. The first-order valence-corrected chi connectivity index (χ1v) is 23.0. The number of carbonyl (C=O) groups is 1. The summed E-state index contributed by atoms with van der Waals surface area (Å²) < 4.78 is 32.3. The first kappa shape index (κ1) is 45.4. The van der Waals surface area contributed by atoms with Crippen LogP contribution >= 0.6 is 0 Å². The summed E-state index contributed by atoms with van der Waals surface area (Å²) in [6, 6.07) is 30.5. The summed E-state index contributed by atoms with van der Waals surface area (Å²) in [5.74, 6) is 0.364. The van der Waals surface area contributed by atoms with E-state index in [4.69, 9.17) is 33.7 Å². The maximum absolute atomic E-state index is 14.8. The van der Waals surface area contributed by atoms with Crippen LogP contribution in [0.5, 0.6) is 28.7 Å². The van der Waals surface area contributed by atoms with Crippen molar-refractivity contribution in [3.63, 3.8) is 0 Å². The standard InChI is InChI=1S/C53H55N3O11/c1-3-26-64-53-49(55(2)52(59)38-17-22-47-48(29-38)63-33-62-47)31-45(54-65-32-34-14-18-39(19-15-34)56(60)61)43-28-37(12-6-8-24-57)42(13-7-9-25-58)50(51(43)53)44-30-41(21-23-46(44)67-53)66-40-20-16-35-10-4-5-11-36(35)27-40/h3-5,10-11,14-23,27-30,37,42,49-51,57-58H,1,6-9,12-13,24-26,31-33H2,2H3/t37-,42+,49-,50+,51+,53+/m0/s1. The Balaban J connectivity index is 1.19. The minimum absolute atomic E-state index is 0.000151. The maximum Gasteiger partial charge on any atom is 0.269 e. The second-order valence-electron chi connectivity index (χ2n) is 17.6. The molecule has 1 amide bonds. The summed E-state index contributed by atoms with van der Waals surface area (Å²) in [7, 11) is 1.74. The molecule has 14 heteroatoms. The third-order valence-corrected chi connectivity index (χ3v) is 13.6. The van der Waals surface area contributed by atoms with Crippen molar-refractivity contribution in [3.05, 3.63) is 154 Å². The third kappa shape index (κ3) is 9.21. The number of hydrogen-bond donors (Lipinski definition) is 2. The van der Waals surface area contributed by atoms with E-state index >= 15 is 0 Å². The highest BCUT2D eigenvalue weighted by Gasteiger charge is 2.65. The molecule has 14 nitrogen and oxygen atoms in total. The molecule has 5 aromatic rings. The van der Waals surface area contributed by atoms with Crippen molar-refractivity contribution in [2.75, 3.05) is 33.7 Å². The Morgan fingerprint density at radius 2 is 1.63 bits per heavy atom. The second-order valence-corrected chi connectivity index (χ2v) is 17.6. The topological polar surface area (TPSA) is 172 Å². The summed E-state index contributed by atoms with van der Waals surface area (Å²) in [5, 5.41) is 38.4. The minimum atomic E-state index is -1.47. The maximum atomic E-state index is 14.8. The zero-order chi connectivity index (χ0) is 46.5. The number of oxime groups is 1. The van der Waals surface area contributed by atoms with Crippen molar-refractivity contribution < 1.29 is 48.5 Å². The van der Waals surface area contributed by atoms with Gasteiger partial charge in [-0.2, -0.15) is 0 Å². The van der Waals surface area contributed by atoms with Crippen LogP contribution in [0, 0.1) is 27.9 Å². The molecule has 2 heterocycles. The Morgan fingerprint density at radius 3 is 2.40 bits per heavy atom. The lowest BCUT2D eigenvalue weighted by Gasteiger charge is -2.59. The molecule has 0 radical (unpaired) electrons. The largest absolute Gasteiger partial charge is 0.459 e. The zero-order valence-corrected chi connectivity index (χ0v) is 37.5. The van der Waals surface area contributed by atoms with Crippen LogP contribution in [0.25, 0.3) is 10.8 Å². The van der Waals surface area contributed by atoms with Crippen molar-refractivity contribution in [3.8, 4) is 28.7 Å². The second kappa shape index (κ2) is 20.0. The Morgan fingerprint density at radius 1 is 0.896 bits per heavy atom. The minimum Gasteiger partial charge on any atom is -0.459 e. The molecule has 0 saturated heterocycles. The number of carbonyl (C=O) groups excluding carboxylic acids is 1. The number of aliphatic hydroxyl groups is 2. The van der Waals surface area contributed by atoms with Gasteiger partial charge >= 0.3 is 0 Å². The van der Waals surface area contributed by atoms with E-state index in [1.165, 1.54) is 12.1 Å². The van der Waals surface area contributed by atoms with Gasteiger partial charge in [0.2, 0.25) is 12.6 Å². The van der Waals surface area contributed by atoms with E-state index in [0.717, 1.165) is 47.6 Å². The van der Waals surface area contributed by atoms with E-state index in [1.54, 1.807) is 48.4 Å². The number of nitro benzene ring substituents is 1. The summed E-state index contributed by atoms with van der Waals surface area (Å²) in [6.07, 6.45) is 8.49. The molecule has 0 aromatic heterocycles. The molecule has 5 aromatic carbocycles. The van der Waals surface area contributed by atoms with Crippen LogP contribution in [0.3, 0.4) is 0 Å². The molecule has 2 N–H and O–H groups in total. The Kier molecular flexibility index (Phi) is 13.6. The van der Waals surface area contributed by atoms with Gasteiger partial charge in [0.25, 0.3) is 11.6 Å². The fraction of sp³-hybridized carbons (Fsp3) is 0.358. The van der Waals surface area contributed by atoms with E-state index in [9.17, 15) is 25.1 Å². The molecule has 0 spiro atoms. The van der Waals surface area contributed by atoms with Gasteiger partial charge in [-0.1, -0.05) is 60.5 Å². The number of rotatable bonds is 19. The first-order chi connectivity index (χ1) is 32.7. The molecule has 4 aliphatic rings. The molecular formula is C53H55N3O11. The smallest absolute Gasteiger partial charge is 0.269 e. The van der Waals surface area contributed by atoms with Gasteiger partial charge in [0.05, 0.1) is 23.2 Å². The highest BCUT2D eigenvalue weighted by Crippen LogP contribution is 2.62. The van der Waals surface area contributed by atoms with Gasteiger partial charge in [-0.05, 0) is 120 Å². The van der Waals surface area contributed by atoms with Crippen molar-refractivity contribution in [1.29, 1.82) is 0 Å². The molecular weight excluding hydrogens is 855 g/mol. The van der Waals surface area contributed by atoms with Crippen molar-refractivity contribution >= 4 is 28.1 Å². The number of nitro groups is 1. The van der Waals surface area contributed by atoms with Crippen LogP contribution in [0.15, 0.2) is 133 Å². The molecule has 0 unspecified atom stereocenters.